The van der Waals surface area contributed by atoms with Crippen molar-refractivity contribution in [1.82, 2.24) is 0 Å². The lowest BCUT2D eigenvalue weighted by Gasteiger charge is -2.26. The van der Waals surface area contributed by atoms with Crippen LogP contribution in [0.2, 0.25) is 19.6 Å². The molecule has 1 nitrogen and oxygen atoms in total. The topological polar surface area (TPSA) is 9.23 Å². The first-order valence-corrected chi connectivity index (χ1v) is 12.8. The Kier molecular flexibility index (Phi) is 5.34. The molecule has 0 fully saturated rings. The minimum Gasteiger partial charge on any atom is -0.457 e. The zero-order valence-electron chi connectivity index (χ0n) is 12.7. The second-order valence-corrected chi connectivity index (χ2v) is 13.5. The highest BCUT2D eigenvalue weighted by molar-refractivity contribution is 6.77. The van der Waals surface area contributed by atoms with E-state index in [0.717, 1.165) is 12.1 Å². The van der Waals surface area contributed by atoms with Gasteiger partial charge in [0.1, 0.15) is 0 Å². The quantitative estimate of drug-likeness (QED) is 0.729. The van der Waals surface area contributed by atoms with Crippen molar-refractivity contribution < 1.29 is 4.12 Å². The van der Waals surface area contributed by atoms with Crippen LogP contribution >= 0.6 is 0 Å². The van der Waals surface area contributed by atoms with Gasteiger partial charge in [-0.1, -0.05) is 60.7 Å². The van der Waals surface area contributed by atoms with Crippen molar-refractivity contribution in [2.24, 2.45) is 0 Å². The van der Waals surface area contributed by atoms with Crippen LogP contribution in [0.1, 0.15) is 11.1 Å². The summed E-state index contributed by atoms with van der Waals surface area (Å²) in [6.45, 7) is 6.88. The minimum absolute atomic E-state index is 1.13. The molecule has 0 saturated heterocycles. The molecular formula is C17H24OSi2. The van der Waals surface area contributed by atoms with E-state index in [1.54, 1.807) is 0 Å². The smallest absolute Gasteiger partial charge is 0.171 e. The van der Waals surface area contributed by atoms with Crippen molar-refractivity contribution in [3.05, 3.63) is 71.8 Å². The number of benzene rings is 2. The van der Waals surface area contributed by atoms with Crippen LogP contribution in [0.25, 0.3) is 0 Å². The lowest BCUT2D eigenvalue weighted by molar-refractivity contribution is 0.563. The van der Waals surface area contributed by atoms with E-state index in [1.807, 2.05) is 0 Å². The van der Waals surface area contributed by atoms with Crippen LogP contribution in [-0.4, -0.2) is 17.4 Å². The van der Waals surface area contributed by atoms with Crippen LogP contribution in [0.15, 0.2) is 60.7 Å². The Morgan fingerprint density at radius 2 is 1.15 bits per heavy atom. The molecule has 0 heterocycles. The van der Waals surface area contributed by atoms with Gasteiger partial charge in [0, 0.05) is 0 Å². The van der Waals surface area contributed by atoms with E-state index in [4.69, 9.17) is 4.12 Å². The Morgan fingerprint density at radius 3 is 1.50 bits per heavy atom. The monoisotopic (exact) mass is 300 g/mol. The molecule has 0 amide bonds. The van der Waals surface area contributed by atoms with Gasteiger partial charge in [-0.3, -0.25) is 0 Å². The summed E-state index contributed by atoms with van der Waals surface area (Å²) in [5.41, 5.74) is 2.83. The minimum atomic E-state index is -1.47. The van der Waals surface area contributed by atoms with Gasteiger partial charge in [-0.15, -0.1) is 0 Å². The molecule has 3 heteroatoms. The Labute approximate surface area is 125 Å². The van der Waals surface area contributed by atoms with Gasteiger partial charge >= 0.3 is 0 Å². The van der Waals surface area contributed by atoms with Crippen LogP contribution < -0.4 is 0 Å². The van der Waals surface area contributed by atoms with Crippen molar-refractivity contribution in [1.29, 1.82) is 0 Å². The standard InChI is InChI=1S/C17H24OSi2/c1-20(2,3)18-19(14-16-10-6-4-7-11-16)15-17-12-8-5-9-13-17/h4-13,19H,14-15H2,1-3H3. The van der Waals surface area contributed by atoms with Crippen LogP contribution in [-0.2, 0) is 16.2 Å². The molecule has 0 aliphatic rings. The van der Waals surface area contributed by atoms with E-state index < -0.39 is 17.4 Å². The Balaban J connectivity index is 2.08. The fourth-order valence-corrected chi connectivity index (χ4v) is 8.82. The van der Waals surface area contributed by atoms with Gasteiger partial charge in [0.05, 0.1) is 0 Å². The van der Waals surface area contributed by atoms with Gasteiger partial charge in [0.25, 0.3) is 0 Å². The summed E-state index contributed by atoms with van der Waals surface area (Å²) in [5, 5.41) is 0. The molecule has 0 bridgehead atoms. The van der Waals surface area contributed by atoms with Gasteiger partial charge in [-0.25, -0.2) is 0 Å². The second-order valence-electron chi connectivity index (χ2n) is 6.23. The van der Waals surface area contributed by atoms with E-state index in [2.05, 4.69) is 80.3 Å². The van der Waals surface area contributed by atoms with Gasteiger partial charge < -0.3 is 4.12 Å². The fourth-order valence-electron chi connectivity index (χ4n) is 2.41. The van der Waals surface area contributed by atoms with E-state index in [1.165, 1.54) is 11.1 Å². The van der Waals surface area contributed by atoms with E-state index in [-0.39, 0.29) is 0 Å². The molecule has 0 aliphatic heterocycles. The summed E-state index contributed by atoms with van der Waals surface area (Å²) in [5.74, 6) is 0. The van der Waals surface area contributed by atoms with Gasteiger partial charge in [0.2, 0.25) is 0 Å². The predicted octanol–water partition coefficient (Wildman–Crippen LogP) is 4.13. The number of hydrogen-bond acceptors (Lipinski definition) is 1. The molecule has 0 radical (unpaired) electrons. The Morgan fingerprint density at radius 1 is 0.750 bits per heavy atom. The van der Waals surface area contributed by atoms with Crippen LogP contribution in [0, 0.1) is 0 Å². The molecule has 0 saturated carbocycles. The van der Waals surface area contributed by atoms with E-state index in [0.29, 0.717) is 0 Å². The third kappa shape index (κ3) is 5.45. The second kappa shape index (κ2) is 7.02. The summed E-state index contributed by atoms with van der Waals surface area (Å²) in [4.78, 5) is 0. The van der Waals surface area contributed by atoms with Crippen molar-refractivity contribution in [2.75, 3.05) is 0 Å². The highest BCUT2D eigenvalue weighted by Gasteiger charge is 2.22. The highest BCUT2D eigenvalue weighted by atomic mass is 28.4. The van der Waals surface area contributed by atoms with Gasteiger partial charge in [-0.05, 0) is 42.9 Å². The van der Waals surface area contributed by atoms with Crippen LogP contribution in [0.3, 0.4) is 0 Å². The first kappa shape index (κ1) is 15.2. The molecular weight excluding hydrogens is 276 g/mol. The van der Waals surface area contributed by atoms with Crippen molar-refractivity contribution in [3.8, 4) is 0 Å². The van der Waals surface area contributed by atoms with Crippen LogP contribution in [0.4, 0.5) is 0 Å². The maximum Gasteiger partial charge on any atom is 0.171 e. The van der Waals surface area contributed by atoms with Crippen molar-refractivity contribution >= 4 is 17.4 Å². The van der Waals surface area contributed by atoms with Gasteiger partial charge in [-0.2, -0.15) is 0 Å². The summed E-state index contributed by atoms with van der Waals surface area (Å²) >= 11 is 0. The average Bonchev–Trinajstić information content (AvgIpc) is 2.39. The first-order valence-electron chi connectivity index (χ1n) is 7.28. The Bertz CT molecular complexity index is 464. The fraction of sp³-hybridized carbons (Fsp3) is 0.294. The summed E-state index contributed by atoms with van der Waals surface area (Å²) in [6, 6.07) is 23.8. The Hall–Kier alpha value is -1.17. The molecule has 0 atom stereocenters. The maximum atomic E-state index is 6.52. The van der Waals surface area contributed by atoms with Crippen molar-refractivity contribution in [2.45, 2.75) is 31.7 Å². The van der Waals surface area contributed by atoms with E-state index >= 15 is 0 Å². The maximum absolute atomic E-state index is 6.52. The van der Waals surface area contributed by atoms with E-state index in [9.17, 15) is 0 Å². The molecule has 106 valence electrons. The molecule has 20 heavy (non-hydrogen) atoms. The lowest BCUT2D eigenvalue weighted by Crippen LogP contribution is -2.38. The third-order valence-electron chi connectivity index (χ3n) is 3.13. The van der Waals surface area contributed by atoms with Crippen molar-refractivity contribution in [3.63, 3.8) is 0 Å². The van der Waals surface area contributed by atoms with Gasteiger partial charge in [0.15, 0.2) is 17.4 Å². The normalized spacial score (nSPS) is 11.8. The molecule has 2 aromatic rings. The largest absolute Gasteiger partial charge is 0.457 e. The molecule has 0 spiro atoms. The highest BCUT2D eigenvalue weighted by Crippen LogP contribution is 2.14. The third-order valence-corrected chi connectivity index (χ3v) is 9.15. The molecule has 2 aromatic carbocycles. The molecule has 0 aliphatic carbocycles. The molecule has 2 rings (SSSR count). The first-order chi connectivity index (χ1) is 9.53. The summed E-state index contributed by atoms with van der Waals surface area (Å²) < 4.78 is 6.52. The predicted molar refractivity (Wildman–Crippen MR) is 91.9 cm³/mol. The summed E-state index contributed by atoms with van der Waals surface area (Å²) in [6.07, 6.45) is 0. The lowest BCUT2D eigenvalue weighted by atomic mass is 10.2. The molecule has 0 unspecified atom stereocenters. The molecule has 0 aromatic heterocycles. The zero-order valence-corrected chi connectivity index (χ0v) is 14.8. The summed E-state index contributed by atoms with van der Waals surface area (Å²) in [7, 11) is -2.72. The number of rotatable bonds is 6. The number of hydrogen-bond donors (Lipinski definition) is 0. The molecule has 0 N–H and O–H groups in total. The van der Waals surface area contributed by atoms with Crippen LogP contribution in [0.5, 0.6) is 0 Å². The zero-order chi connectivity index (χ0) is 14.4. The average molecular weight is 301 g/mol. The SMILES string of the molecule is C[Si](C)(C)O[SiH](Cc1ccccc1)Cc1ccccc1.